The number of rotatable bonds is 5. The average Bonchev–Trinajstić information content (AvgIpc) is 3.17. The molecule has 142 valence electrons. The first-order chi connectivity index (χ1) is 11.7. The van der Waals surface area contributed by atoms with E-state index in [1.807, 2.05) is 0 Å². The van der Waals surface area contributed by atoms with E-state index >= 15 is 0 Å². The number of quaternary nitrogens is 1. The lowest BCUT2D eigenvalue weighted by molar-refractivity contribution is -0.893. The number of carbonyl (C=O) groups is 1. The minimum absolute atomic E-state index is 0.0342. The topological polar surface area (TPSA) is 38.8 Å². The van der Waals surface area contributed by atoms with E-state index in [1.165, 1.54) is 19.3 Å². The Morgan fingerprint density at radius 3 is 2.68 bits per heavy atom. The number of fused-ring (bicyclic) bond motifs is 1. The summed E-state index contributed by atoms with van der Waals surface area (Å²) < 4.78 is 13.5. The Bertz CT molecular complexity index is 561. The molecule has 4 aliphatic rings. The summed E-state index contributed by atoms with van der Waals surface area (Å²) in [6.07, 6.45) is 7.20. The van der Waals surface area contributed by atoms with Crippen molar-refractivity contribution in [2.24, 2.45) is 23.7 Å². The van der Waals surface area contributed by atoms with E-state index in [2.05, 4.69) is 34.9 Å². The van der Waals surface area contributed by atoms with Gasteiger partial charge in [-0.1, -0.05) is 20.3 Å². The van der Waals surface area contributed by atoms with Crippen LogP contribution in [0.4, 0.5) is 0 Å². The van der Waals surface area contributed by atoms with Gasteiger partial charge < -0.3 is 14.0 Å². The van der Waals surface area contributed by atoms with Crippen LogP contribution < -0.4 is 0 Å². The van der Waals surface area contributed by atoms with Crippen LogP contribution in [0.1, 0.15) is 59.3 Å². The van der Waals surface area contributed by atoms with Crippen molar-refractivity contribution < 1.29 is 18.8 Å². The standard InChI is InChI=1S/C21H36NO3/c1-6-7-12-22(4,5)13-15-17-9-8-14(2)16-10-11-20(3)19(25-20)21(16,17)24-18(15)23/h14-17,19H,6-13H2,1-5H3/q+1/t14-,15+,16+,17+,19-,20-,21-/m1/s1. The molecule has 0 aromatic carbocycles. The van der Waals surface area contributed by atoms with Crippen molar-refractivity contribution in [1.29, 1.82) is 0 Å². The lowest BCUT2D eigenvalue weighted by Crippen LogP contribution is -2.59. The second-order valence-corrected chi connectivity index (χ2v) is 10.2. The van der Waals surface area contributed by atoms with Crippen molar-refractivity contribution in [3.05, 3.63) is 0 Å². The molecule has 4 rings (SSSR count). The van der Waals surface area contributed by atoms with E-state index in [0.717, 1.165) is 36.8 Å². The van der Waals surface area contributed by atoms with Crippen LogP contribution in [0, 0.1) is 23.7 Å². The number of ether oxygens (including phenoxy) is 2. The Kier molecular flexibility index (Phi) is 4.05. The SMILES string of the molecule is CCCC[N+](C)(C)C[C@@H]1C(=O)O[C@@]23[C@@H](CC[C@@]4(C)O[C@@H]24)[C@H](C)CC[C@@H]13. The summed E-state index contributed by atoms with van der Waals surface area (Å²) in [5.41, 5.74) is -0.356. The van der Waals surface area contributed by atoms with Crippen molar-refractivity contribution in [2.75, 3.05) is 27.2 Å². The summed E-state index contributed by atoms with van der Waals surface area (Å²) >= 11 is 0. The van der Waals surface area contributed by atoms with Crippen molar-refractivity contribution >= 4 is 5.97 Å². The lowest BCUT2D eigenvalue weighted by atomic mass is 9.55. The summed E-state index contributed by atoms with van der Waals surface area (Å²) in [4.78, 5) is 13.0. The number of nitrogens with zero attached hydrogens (tertiary/aromatic N) is 1. The van der Waals surface area contributed by atoms with E-state index in [0.29, 0.717) is 17.8 Å². The highest BCUT2D eigenvalue weighted by Gasteiger charge is 2.77. The van der Waals surface area contributed by atoms with Crippen LogP contribution in [0.5, 0.6) is 0 Å². The number of hydrogen-bond acceptors (Lipinski definition) is 3. The molecule has 4 nitrogen and oxygen atoms in total. The second-order valence-electron chi connectivity index (χ2n) is 10.2. The van der Waals surface area contributed by atoms with Gasteiger partial charge >= 0.3 is 5.97 Å². The molecular formula is C21H36NO3+. The molecule has 0 unspecified atom stereocenters. The van der Waals surface area contributed by atoms with Gasteiger partial charge in [-0.15, -0.1) is 0 Å². The number of unbranched alkanes of at least 4 members (excludes halogenated alkanes) is 1. The van der Waals surface area contributed by atoms with Gasteiger partial charge in [0.2, 0.25) is 0 Å². The third-order valence-corrected chi connectivity index (χ3v) is 7.90. The molecule has 0 bridgehead atoms. The molecule has 2 aliphatic carbocycles. The molecule has 7 atom stereocenters. The van der Waals surface area contributed by atoms with Crippen LogP contribution in [0.15, 0.2) is 0 Å². The maximum Gasteiger partial charge on any atom is 0.315 e. The number of carbonyl (C=O) groups excluding carboxylic acids is 1. The Labute approximate surface area is 152 Å². The highest BCUT2D eigenvalue weighted by atomic mass is 16.7. The quantitative estimate of drug-likeness (QED) is 0.433. The molecule has 4 heteroatoms. The van der Waals surface area contributed by atoms with Crippen LogP contribution in [0.2, 0.25) is 0 Å². The van der Waals surface area contributed by atoms with Crippen molar-refractivity contribution in [3.8, 4) is 0 Å². The third-order valence-electron chi connectivity index (χ3n) is 7.90. The fraction of sp³-hybridized carbons (Fsp3) is 0.952. The largest absolute Gasteiger partial charge is 0.455 e. The van der Waals surface area contributed by atoms with Gasteiger partial charge in [-0.2, -0.15) is 0 Å². The molecule has 2 saturated heterocycles. The fourth-order valence-corrected chi connectivity index (χ4v) is 6.47. The first-order valence-electron chi connectivity index (χ1n) is 10.5. The van der Waals surface area contributed by atoms with Gasteiger partial charge in [0, 0.05) is 11.8 Å². The average molecular weight is 351 g/mol. The van der Waals surface area contributed by atoms with Crippen LogP contribution in [0.25, 0.3) is 0 Å². The van der Waals surface area contributed by atoms with E-state index in [4.69, 9.17) is 9.47 Å². The van der Waals surface area contributed by atoms with Crippen molar-refractivity contribution in [2.45, 2.75) is 76.6 Å². The first kappa shape index (κ1) is 17.8. The minimum Gasteiger partial charge on any atom is -0.455 e. The maximum absolute atomic E-state index is 13.0. The normalized spacial score (nSPS) is 48.4. The molecular weight excluding hydrogens is 314 g/mol. The smallest absolute Gasteiger partial charge is 0.315 e. The van der Waals surface area contributed by atoms with Gasteiger partial charge in [-0.05, 0) is 44.9 Å². The third kappa shape index (κ3) is 2.58. The Hall–Kier alpha value is -0.610. The van der Waals surface area contributed by atoms with Gasteiger partial charge in [0.05, 0.1) is 32.8 Å². The molecule has 4 fully saturated rings. The number of epoxide rings is 1. The Morgan fingerprint density at radius 1 is 1.20 bits per heavy atom. The summed E-state index contributed by atoms with van der Waals surface area (Å²) in [7, 11) is 4.55. The molecule has 0 aromatic heterocycles. The number of esters is 1. The van der Waals surface area contributed by atoms with E-state index < -0.39 is 0 Å². The van der Waals surface area contributed by atoms with E-state index in [1.54, 1.807) is 0 Å². The molecule has 0 radical (unpaired) electrons. The predicted octanol–water partition coefficient (Wildman–Crippen LogP) is 3.39. The molecule has 0 amide bonds. The first-order valence-corrected chi connectivity index (χ1v) is 10.5. The second kappa shape index (κ2) is 5.69. The lowest BCUT2D eigenvalue weighted by Gasteiger charge is -2.50. The van der Waals surface area contributed by atoms with E-state index in [-0.39, 0.29) is 29.2 Å². The Balaban J connectivity index is 1.61. The zero-order valence-corrected chi connectivity index (χ0v) is 16.7. The van der Waals surface area contributed by atoms with Crippen LogP contribution in [0.3, 0.4) is 0 Å². The molecule has 0 aromatic rings. The maximum atomic E-state index is 13.0. The van der Waals surface area contributed by atoms with Crippen molar-refractivity contribution in [1.82, 2.24) is 0 Å². The van der Waals surface area contributed by atoms with Crippen LogP contribution in [-0.4, -0.2) is 54.9 Å². The molecule has 2 saturated carbocycles. The van der Waals surface area contributed by atoms with Gasteiger partial charge in [0.25, 0.3) is 0 Å². The predicted molar refractivity (Wildman–Crippen MR) is 97.0 cm³/mol. The zero-order valence-electron chi connectivity index (χ0n) is 16.7. The van der Waals surface area contributed by atoms with Gasteiger partial charge in [-0.25, -0.2) is 0 Å². The fourth-order valence-electron chi connectivity index (χ4n) is 6.47. The van der Waals surface area contributed by atoms with Crippen LogP contribution in [-0.2, 0) is 14.3 Å². The van der Waals surface area contributed by atoms with Crippen molar-refractivity contribution in [3.63, 3.8) is 0 Å². The molecule has 1 spiro atoms. The summed E-state index contributed by atoms with van der Waals surface area (Å²) in [5, 5.41) is 0. The zero-order chi connectivity index (χ0) is 18.0. The minimum atomic E-state index is -0.322. The highest BCUT2D eigenvalue weighted by Crippen LogP contribution is 2.66. The Morgan fingerprint density at radius 2 is 1.96 bits per heavy atom. The van der Waals surface area contributed by atoms with E-state index in [9.17, 15) is 4.79 Å². The van der Waals surface area contributed by atoms with Crippen LogP contribution >= 0.6 is 0 Å². The summed E-state index contributed by atoms with van der Waals surface area (Å²) in [6.45, 7) is 8.87. The highest BCUT2D eigenvalue weighted by molar-refractivity contribution is 5.77. The molecule has 2 aliphatic heterocycles. The summed E-state index contributed by atoms with van der Waals surface area (Å²) in [5.74, 6) is 1.60. The number of hydrogen-bond donors (Lipinski definition) is 0. The van der Waals surface area contributed by atoms with Gasteiger partial charge in [0.1, 0.15) is 17.6 Å². The van der Waals surface area contributed by atoms with Gasteiger partial charge in [-0.3, -0.25) is 4.79 Å². The van der Waals surface area contributed by atoms with Gasteiger partial charge in [0.15, 0.2) is 0 Å². The molecule has 25 heavy (non-hydrogen) atoms. The molecule has 2 heterocycles. The molecule has 0 N–H and O–H groups in total. The monoisotopic (exact) mass is 350 g/mol. The summed E-state index contributed by atoms with van der Waals surface area (Å²) in [6, 6.07) is 0.